The first-order chi connectivity index (χ1) is 13.7. The van der Waals surface area contributed by atoms with Gasteiger partial charge < -0.3 is 5.32 Å². The number of benzene rings is 3. The molecule has 3 heteroatoms. The van der Waals surface area contributed by atoms with E-state index in [0.29, 0.717) is 13.0 Å². The first-order valence-electron chi connectivity index (χ1n) is 9.74. The third-order valence-electron chi connectivity index (χ3n) is 5.02. The lowest BCUT2D eigenvalue weighted by atomic mass is 9.76. The Bertz CT molecular complexity index is 810. The molecule has 144 valence electrons. The van der Waals surface area contributed by atoms with Crippen LogP contribution in [0.5, 0.6) is 0 Å². The third-order valence-corrected chi connectivity index (χ3v) is 6.12. The number of thioether (sulfide) groups is 1. The van der Waals surface area contributed by atoms with Gasteiger partial charge in [0, 0.05) is 23.3 Å². The van der Waals surface area contributed by atoms with Crippen LogP contribution in [-0.4, -0.2) is 18.2 Å². The van der Waals surface area contributed by atoms with Crippen LogP contribution in [-0.2, 0) is 10.2 Å². The highest BCUT2D eigenvalue weighted by molar-refractivity contribution is 7.99. The average Bonchev–Trinajstić information content (AvgIpc) is 2.77. The standard InChI is InChI=1S/C25H27NOS/c1-25(21-12-5-2-6-13-21,22-14-7-3-8-15-22)20-26-24(27)18-11-19-28-23-16-9-4-10-17-23/h2-10,12-17H,11,18-20H2,1H3,(H,26,27). The zero-order valence-electron chi connectivity index (χ0n) is 16.3. The van der Waals surface area contributed by atoms with Crippen LogP contribution < -0.4 is 5.32 Å². The molecule has 0 aliphatic rings. The first kappa shape index (κ1) is 20.2. The Morgan fingerprint density at radius 2 is 1.32 bits per heavy atom. The summed E-state index contributed by atoms with van der Waals surface area (Å²) in [5.41, 5.74) is 2.17. The average molecular weight is 390 g/mol. The maximum absolute atomic E-state index is 12.4. The van der Waals surface area contributed by atoms with Gasteiger partial charge in [0.1, 0.15) is 0 Å². The van der Waals surface area contributed by atoms with Crippen LogP contribution in [0.25, 0.3) is 0 Å². The minimum absolute atomic E-state index is 0.117. The Hall–Kier alpha value is -2.52. The fourth-order valence-corrected chi connectivity index (χ4v) is 4.16. The number of amides is 1. The van der Waals surface area contributed by atoms with Crippen LogP contribution in [0.4, 0.5) is 0 Å². The lowest BCUT2D eigenvalue weighted by Gasteiger charge is -2.31. The molecule has 0 heterocycles. The largest absolute Gasteiger partial charge is 0.355 e. The molecule has 0 spiro atoms. The number of nitrogens with one attached hydrogen (secondary N) is 1. The van der Waals surface area contributed by atoms with Crippen molar-refractivity contribution in [3.8, 4) is 0 Å². The second kappa shape index (κ2) is 10.1. The SMILES string of the molecule is CC(CNC(=O)CCCSc1ccccc1)(c1ccccc1)c1ccccc1. The number of carbonyl (C=O) groups is 1. The molecule has 1 amide bonds. The molecule has 0 aromatic heterocycles. The van der Waals surface area contributed by atoms with Gasteiger partial charge in [-0.1, -0.05) is 78.9 Å². The topological polar surface area (TPSA) is 29.1 Å². The Morgan fingerprint density at radius 1 is 0.821 bits per heavy atom. The van der Waals surface area contributed by atoms with Gasteiger partial charge in [0.05, 0.1) is 0 Å². The Kier molecular flexibility index (Phi) is 7.32. The first-order valence-corrected chi connectivity index (χ1v) is 10.7. The number of hydrogen-bond donors (Lipinski definition) is 1. The predicted molar refractivity (Wildman–Crippen MR) is 119 cm³/mol. The van der Waals surface area contributed by atoms with E-state index in [1.54, 1.807) is 11.8 Å². The van der Waals surface area contributed by atoms with E-state index in [-0.39, 0.29) is 11.3 Å². The Morgan fingerprint density at radius 3 is 1.86 bits per heavy atom. The van der Waals surface area contributed by atoms with E-state index < -0.39 is 0 Å². The zero-order chi connectivity index (χ0) is 19.7. The molecule has 0 unspecified atom stereocenters. The molecule has 0 aliphatic heterocycles. The second-order valence-corrected chi connectivity index (χ2v) is 8.27. The lowest BCUT2D eigenvalue weighted by Crippen LogP contribution is -2.39. The van der Waals surface area contributed by atoms with Gasteiger partial charge in [-0.25, -0.2) is 0 Å². The number of hydrogen-bond acceptors (Lipinski definition) is 2. The van der Waals surface area contributed by atoms with Crippen LogP contribution in [0, 0.1) is 0 Å². The minimum Gasteiger partial charge on any atom is -0.355 e. The van der Waals surface area contributed by atoms with Gasteiger partial charge in [0.25, 0.3) is 0 Å². The summed E-state index contributed by atoms with van der Waals surface area (Å²) in [6.07, 6.45) is 1.43. The van der Waals surface area contributed by atoms with E-state index in [1.165, 1.54) is 16.0 Å². The van der Waals surface area contributed by atoms with Crippen molar-refractivity contribution >= 4 is 17.7 Å². The van der Waals surface area contributed by atoms with Crippen LogP contribution in [0.2, 0.25) is 0 Å². The van der Waals surface area contributed by atoms with Gasteiger partial charge in [-0.05, 0) is 42.4 Å². The molecule has 0 radical (unpaired) electrons. The normalized spacial score (nSPS) is 11.2. The van der Waals surface area contributed by atoms with Crippen LogP contribution in [0.15, 0.2) is 95.9 Å². The highest BCUT2D eigenvalue weighted by Gasteiger charge is 2.29. The quantitative estimate of drug-likeness (QED) is 0.377. The van der Waals surface area contributed by atoms with Crippen molar-refractivity contribution in [2.24, 2.45) is 0 Å². The van der Waals surface area contributed by atoms with Crippen LogP contribution in [0.3, 0.4) is 0 Å². The van der Waals surface area contributed by atoms with Crippen molar-refractivity contribution < 1.29 is 4.79 Å². The molecule has 0 atom stereocenters. The van der Waals surface area contributed by atoms with Gasteiger partial charge in [-0.15, -0.1) is 11.8 Å². The molecule has 3 aromatic rings. The van der Waals surface area contributed by atoms with E-state index in [1.807, 2.05) is 30.3 Å². The van der Waals surface area contributed by atoms with Gasteiger partial charge in [0.2, 0.25) is 5.91 Å². The van der Waals surface area contributed by atoms with Crippen molar-refractivity contribution in [2.45, 2.75) is 30.1 Å². The van der Waals surface area contributed by atoms with E-state index >= 15 is 0 Å². The summed E-state index contributed by atoms with van der Waals surface area (Å²) < 4.78 is 0. The minimum atomic E-state index is -0.253. The summed E-state index contributed by atoms with van der Waals surface area (Å²) in [5.74, 6) is 1.07. The summed E-state index contributed by atoms with van der Waals surface area (Å²) in [6.45, 7) is 2.79. The summed E-state index contributed by atoms with van der Waals surface area (Å²) in [6, 6.07) is 31.1. The fourth-order valence-electron chi connectivity index (χ4n) is 3.29. The van der Waals surface area contributed by atoms with E-state index in [9.17, 15) is 4.79 Å². The smallest absolute Gasteiger partial charge is 0.220 e. The zero-order valence-corrected chi connectivity index (χ0v) is 17.1. The number of rotatable bonds is 9. The molecule has 2 nitrogen and oxygen atoms in total. The van der Waals surface area contributed by atoms with Crippen molar-refractivity contribution in [1.82, 2.24) is 5.32 Å². The molecule has 3 rings (SSSR count). The molecule has 3 aromatic carbocycles. The molecule has 0 aliphatic carbocycles. The fraction of sp³-hybridized carbons (Fsp3) is 0.240. The lowest BCUT2D eigenvalue weighted by molar-refractivity contribution is -0.121. The molecule has 0 bridgehead atoms. The molecule has 0 saturated heterocycles. The maximum Gasteiger partial charge on any atom is 0.220 e. The highest BCUT2D eigenvalue weighted by atomic mass is 32.2. The predicted octanol–water partition coefficient (Wildman–Crippen LogP) is 5.68. The Labute approximate surface area is 172 Å². The monoisotopic (exact) mass is 389 g/mol. The summed E-state index contributed by atoms with van der Waals surface area (Å²) in [5, 5.41) is 3.17. The van der Waals surface area contributed by atoms with E-state index in [2.05, 4.69) is 72.9 Å². The highest BCUT2D eigenvalue weighted by Crippen LogP contribution is 2.31. The van der Waals surface area contributed by atoms with Crippen LogP contribution >= 0.6 is 11.8 Å². The van der Waals surface area contributed by atoms with Crippen LogP contribution in [0.1, 0.15) is 30.9 Å². The van der Waals surface area contributed by atoms with E-state index in [4.69, 9.17) is 0 Å². The molecule has 28 heavy (non-hydrogen) atoms. The molecular formula is C25H27NOS. The van der Waals surface area contributed by atoms with Crippen molar-refractivity contribution in [3.05, 3.63) is 102 Å². The molecular weight excluding hydrogens is 362 g/mol. The molecule has 0 saturated carbocycles. The van der Waals surface area contributed by atoms with E-state index in [0.717, 1.165) is 12.2 Å². The van der Waals surface area contributed by atoms with Crippen molar-refractivity contribution in [1.29, 1.82) is 0 Å². The van der Waals surface area contributed by atoms with Gasteiger partial charge in [-0.3, -0.25) is 4.79 Å². The van der Waals surface area contributed by atoms with Crippen molar-refractivity contribution in [2.75, 3.05) is 12.3 Å². The molecule has 1 N–H and O–H groups in total. The summed E-state index contributed by atoms with van der Waals surface area (Å²) in [4.78, 5) is 13.7. The van der Waals surface area contributed by atoms with Crippen molar-refractivity contribution in [3.63, 3.8) is 0 Å². The van der Waals surface area contributed by atoms with Gasteiger partial charge in [0.15, 0.2) is 0 Å². The summed E-state index contributed by atoms with van der Waals surface area (Å²) >= 11 is 1.80. The summed E-state index contributed by atoms with van der Waals surface area (Å²) in [7, 11) is 0. The number of carbonyl (C=O) groups excluding carboxylic acids is 1. The maximum atomic E-state index is 12.4. The molecule has 0 fully saturated rings. The van der Waals surface area contributed by atoms with Gasteiger partial charge in [-0.2, -0.15) is 0 Å². The second-order valence-electron chi connectivity index (χ2n) is 7.11. The Balaban J connectivity index is 1.56. The van der Waals surface area contributed by atoms with Gasteiger partial charge >= 0.3 is 0 Å². The third kappa shape index (κ3) is 5.49.